The van der Waals surface area contributed by atoms with Gasteiger partial charge in [0.25, 0.3) is 0 Å². The number of rotatable bonds is 3. The number of hydrogen-bond donors (Lipinski definition) is 0. The lowest BCUT2D eigenvalue weighted by Crippen LogP contribution is -2.19. The smallest absolute Gasteiger partial charge is 0.238 e. The third-order valence-corrected chi connectivity index (χ3v) is 2.10. The van der Waals surface area contributed by atoms with Gasteiger partial charge in [-0.3, -0.25) is 10.1 Å². The van der Waals surface area contributed by atoms with Crippen molar-refractivity contribution in [3.8, 4) is 0 Å². The summed E-state index contributed by atoms with van der Waals surface area (Å²) in [6.45, 7) is 2.26. The molecule has 0 aromatic rings. The van der Waals surface area contributed by atoms with Crippen LogP contribution in [0, 0.1) is 5.92 Å². The zero-order chi connectivity index (χ0) is 7.40. The first-order chi connectivity index (χ1) is 4.79. The standard InChI is InChI=1S/C8H14NO/c1-7(10)9-6-5-8-3-2-4-8/h8H,2-6H2,1H3. The van der Waals surface area contributed by atoms with E-state index in [4.69, 9.17) is 0 Å². The third-order valence-electron chi connectivity index (χ3n) is 2.10. The highest BCUT2D eigenvalue weighted by Crippen LogP contribution is 2.28. The highest BCUT2D eigenvalue weighted by molar-refractivity contribution is 5.72. The van der Waals surface area contributed by atoms with Crippen molar-refractivity contribution in [2.45, 2.75) is 32.6 Å². The third kappa shape index (κ3) is 2.38. The monoisotopic (exact) mass is 140 g/mol. The first-order valence-corrected chi connectivity index (χ1v) is 3.97. The molecule has 0 bridgehead atoms. The second kappa shape index (κ2) is 3.59. The van der Waals surface area contributed by atoms with Gasteiger partial charge >= 0.3 is 0 Å². The number of amides is 1. The van der Waals surface area contributed by atoms with Gasteiger partial charge in [0.1, 0.15) is 0 Å². The number of hydrogen-bond acceptors (Lipinski definition) is 1. The van der Waals surface area contributed by atoms with Crippen LogP contribution in [0.3, 0.4) is 0 Å². The van der Waals surface area contributed by atoms with Crippen molar-refractivity contribution in [3.05, 3.63) is 0 Å². The maximum atomic E-state index is 10.4. The van der Waals surface area contributed by atoms with Gasteiger partial charge in [0.05, 0.1) is 0 Å². The van der Waals surface area contributed by atoms with Crippen LogP contribution in [0.2, 0.25) is 0 Å². The van der Waals surface area contributed by atoms with Gasteiger partial charge in [0.2, 0.25) is 5.91 Å². The van der Waals surface area contributed by atoms with E-state index in [0.717, 1.165) is 18.9 Å². The molecule has 0 aliphatic heterocycles. The van der Waals surface area contributed by atoms with Crippen LogP contribution >= 0.6 is 0 Å². The SMILES string of the molecule is CC(=O)[N]CCC1CCC1. The molecule has 1 aliphatic carbocycles. The highest BCUT2D eigenvalue weighted by Gasteiger charge is 2.16. The molecule has 1 rings (SSSR count). The normalized spacial score (nSPS) is 18.1. The maximum Gasteiger partial charge on any atom is 0.238 e. The Kier molecular flexibility index (Phi) is 2.72. The molecule has 1 fully saturated rings. The first-order valence-electron chi connectivity index (χ1n) is 3.97. The van der Waals surface area contributed by atoms with Crippen molar-refractivity contribution in [2.75, 3.05) is 6.54 Å². The Morgan fingerprint density at radius 1 is 1.60 bits per heavy atom. The fourth-order valence-electron chi connectivity index (χ4n) is 1.19. The number of nitrogens with zero attached hydrogens (tertiary/aromatic N) is 1. The minimum atomic E-state index is -0.0284. The summed E-state index contributed by atoms with van der Waals surface area (Å²) in [4.78, 5) is 10.4. The van der Waals surface area contributed by atoms with E-state index in [1.165, 1.54) is 26.2 Å². The fourth-order valence-corrected chi connectivity index (χ4v) is 1.19. The van der Waals surface area contributed by atoms with Crippen LogP contribution in [0.15, 0.2) is 0 Å². The van der Waals surface area contributed by atoms with E-state index in [2.05, 4.69) is 5.32 Å². The van der Waals surface area contributed by atoms with Crippen LogP contribution in [-0.4, -0.2) is 12.5 Å². The molecule has 1 saturated carbocycles. The summed E-state index contributed by atoms with van der Waals surface area (Å²) in [5.74, 6) is 0.849. The van der Waals surface area contributed by atoms with E-state index in [-0.39, 0.29) is 5.91 Å². The molecule has 10 heavy (non-hydrogen) atoms. The Hall–Kier alpha value is -0.530. The zero-order valence-electron chi connectivity index (χ0n) is 6.47. The predicted octanol–water partition coefficient (Wildman–Crippen LogP) is 1.33. The summed E-state index contributed by atoms with van der Waals surface area (Å²) < 4.78 is 0. The van der Waals surface area contributed by atoms with Crippen molar-refractivity contribution in [1.82, 2.24) is 5.32 Å². The van der Waals surface area contributed by atoms with Crippen molar-refractivity contribution in [1.29, 1.82) is 0 Å². The van der Waals surface area contributed by atoms with Gasteiger partial charge in [0, 0.05) is 13.5 Å². The number of carbonyl (C=O) groups is 1. The Morgan fingerprint density at radius 3 is 2.70 bits per heavy atom. The van der Waals surface area contributed by atoms with Crippen LogP contribution < -0.4 is 5.32 Å². The van der Waals surface area contributed by atoms with Gasteiger partial charge in [0.15, 0.2) is 0 Å². The molecule has 0 aromatic carbocycles. The van der Waals surface area contributed by atoms with Crippen LogP contribution in [0.25, 0.3) is 0 Å². The van der Waals surface area contributed by atoms with E-state index in [1.54, 1.807) is 0 Å². The summed E-state index contributed by atoms with van der Waals surface area (Å²) in [5, 5.41) is 3.81. The zero-order valence-corrected chi connectivity index (χ0v) is 6.47. The summed E-state index contributed by atoms with van der Waals surface area (Å²) in [6.07, 6.45) is 5.21. The fraction of sp³-hybridized carbons (Fsp3) is 0.875. The molecule has 0 spiro atoms. The maximum absolute atomic E-state index is 10.4. The number of carbonyl (C=O) groups excluding carboxylic acids is 1. The molecule has 2 heteroatoms. The van der Waals surface area contributed by atoms with Crippen LogP contribution in [-0.2, 0) is 4.79 Å². The first kappa shape index (κ1) is 7.58. The predicted molar refractivity (Wildman–Crippen MR) is 39.6 cm³/mol. The molecule has 1 amide bonds. The molecule has 57 valence electrons. The quantitative estimate of drug-likeness (QED) is 0.581. The van der Waals surface area contributed by atoms with Crippen LogP contribution in [0.4, 0.5) is 0 Å². The van der Waals surface area contributed by atoms with Crippen LogP contribution in [0.1, 0.15) is 32.6 Å². The van der Waals surface area contributed by atoms with Gasteiger partial charge in [-0.15, -0.1) is 0 Å². The highest BCUT2D eigenvalue weighted by atomic mass is 16.1. The summed E-state index contributed by atoms with van der Waals surface area (Å²) in [7, 11) is 0. The molecule has 0 unspecified atom stereocenters. The Bertz CT molecular complexity index is 118. The summed E-state index contributed by atoms with van der Waals surface area (Å²) >= 11 is 0. The molecular weight excluding hydrogens is 126 g/mol. The lowest BCUT2D eigenvalue weighted by atomic mass is 9.83. The summed E-state index contributed by atoms with van der Waals surface area (Å²) in [5.41, 5.74) is 0. The van der Waals surface area contributed by atoms with Gasteiger partial charge in [-0.05, 0) is 12.3 Å². The average molecular weight is 140 g/mol. The second-order valence-corrected chi connectivity index (χ2v) is 2.99. The Morgan fingerprint density at radius 2 is 2.30 bits per heavy atom. The van der Waals surface area contributed by atoms with Crippen molar-refractivity contribution in [2.24, 2.45) is 5.92 Å². The Balaban J connectivity index is 1.89. The van der Waals surface area contributed by atoms with Crippen molar-refractivity contribution >= 4 is 5.91 Å². The summed E-state index contributed by atoms with van der Waals surface area (Å²) in [6, 6.07) is 0. The topological polar surface area (TPSA) is 31.2 Å². The van der Waals surface area contributed by atoms with E-state index in [9.17, 15) is 4.79 Å². The lowest BCUT2D eigenvalue weighted by molar-refractivity contribution is -0.119. The molecule has 1 aliphatic rings. The molecule has 0 aromatic heterocycles. The second-order valence-electron chi connectivity index (χ2n) is 2.99. The van der Waals surface area contributed by atoms with Gasteiger partial charge in [-0.1, -0.05) is 19.3 Å². The Labute approximate surface area is 62.0 Å². The molecule has 0 N–H and O–H groups in total. The van der Waals surface area contributed by atoms with E-state index >= 15 is 0 Å². The molecular formula is C8H14NO. The van der Waals surface area contributed by atoms with E-state index in [0.29, 0.717) is 0 Å². The van der Waals surface area contributed by atoms with Crippen molar-refractivity contribution in [3.63, 3.8) is 0 Å². The molecule has 0 atom stereocenters. The van der Waals surface area contributed by atoms with Crippen LogP contribution in [0.5, 0.6) is 0 Å². The molecule has 0 saturated heterocycles. The lowest BCUT2D eigenvalue weighted by Gasteiger charge is -2.24. The molecule has 1 radical (unpaired) electrons. The molecule has 2 nitrogen and oxygen atoms in total. The van der Waals surface area contributed by atoms with E-state index in [1.807, 2.05) is 0 Å². The van der Waals surface area contributed by atoms with Gasteiger partial charge < -0.3 is 0 Å². The minimum absolute atomic E-state index is 0.0284. The average Bonchev–Trinajstić information content (AvgIpc) is 1.75. The van der Waals surface area contributed by atoms with E-state index < -0.39 is 0 Å². The molecule has 0 heterocycles. The minimum Gasteiger partial charge on any atom is -0.273 e. The van der Waals surface area contributed by atoms with Crippen molar-refractivity contribution < 1.29 is 4.79 Å². The van der Waals surface area contributed by atoms with Gasteiger partial charge in [-0.25, -0.2) is 0 Å². The largest absolute Gasteiger partial charge is 0.273 e. The van der Waals surface area contributed by atoms with Gasteiger partial charge in [-0.2, -0.15) is 0 Å².